The van der Waals surface area contributed by atoms with Crippen molar-refractivity contribution in [2.75, 3.05) is 45.3 Å². The molecule has 9 unspecified atom stereocenters. The smallest absolute Gasteiger partial charge is 0.226 e. The fourth-order valence-corrected chi connectivity index (χ4v) is 12.5. The number of allylic oxidation sites excluding steroid dienone is 1. The molecule has 7 rings (SSSR count). The number of amides is 1. The average molecular weight is 642 g/mol. The Hall–Kier alpha value is -0.630. The van der Waals surface area contributed by atoms with E-state index in [4.69, 9.17) is 10.5 Å². The van der Waals surface area contributed by atoms with E-state index in [9.17, 15) is 9.59 Å². The number of thioether (sulfide) groups is 3. The molecule has 11 N–H and O–H groups in total. The van der Waals surface area contributed by atoms with E-state index in [0.717, 1.165) is 43.3 Å². The monoisotopic (exact) mass is 641 g/mol. The summed E-state index contributed by atoms with van der Waals surface area (Å²) in [7, 11) is 0. The zero-order chi connectivity index (χ0) is 28.8. The number of hydrogen-bond acceptors (Lipinski definition) is 14. The number of morpholine rings is 1. The summed E-state index contributed by atoms with van der Waals surface area (Å²) in [6, 6.07) is 0.679. The van der Waals surface area contributed by atoms with Gasteiger partial charge in [-0.05, 0) is 12.8 Å². The van der Waals surface area contributed by atoms with Gasteiger partial charge in [-0.2, -0.15) is 5.01 Å². The first kappa shape index (κ1) is 30.0. The summed E-state index contributed by atoms with van der Waals surface area (Å²) in [5, 5.41) is 22.2. The molecule has 7 aliphatic rings. The van der Waals surface area contributed by atoms with Crippen molar-refractivity contribution >= 4 is 47.0 Å². The van der Waals surface area contributed by atoms with Crippen molar-refractivity contribution in [2.45, 2.75) is 77.6 Å². The van der Waals surface area contributed by atoms with Crippen LogP contribution >= 0.6 is 35.3 Å². The fraction of sp³-hybridized carbons (Fsp3) is 0.846. The van der Waals surface area contributed by atoms with Crippen LogP contribution in [0.5, 0.6) is 0 Å². The Bertz CT molecular complexity index is 1050. The molecule has 11 atom stereocenters. The maximum absolute atomic E-state index is 13.1. The summed E-state index contributed by atoms with van der Waals surface area (Å²) >= 11 is 5.58. The molecule has 6 fully saturated rings. The number of hydrazine groups is 1. The Morgan fingerprint density at radius 2 is 2.00 bits per heavy atom. The number of hydrogen-bond donors (Lipinski definition) is 8. The van der Waals surface area contributed by atoms with Crippen LogP contribution in [0.25, 0.3) is 0 Å². The number of ether oxygens (including phenoxy) is 1. The second-order valence-electron chi connectivity index (χ2n) is 12.3. The SMILES string of the molecule is NC(=O)C1C(NC2CNC(C3CSC4C(=O)C=C(N5CCOCC5)SC43)S2)NC(N[C@H]2CCCC[C@H]2[NH3+])N2NCNC12. The maximum atomic E-state index is 13.1. The van der Waals surface area contributed by atoms with Gasteiger partial charge < -0.3 is 26.4 Å². The highest BCUT2D eigenvalue weighted by Crippen LogP contribution is 2.50. The number of nitrogens with one attached hydrogen (secondary N) is 6. The predicted molar refractivity (Wildman–Crippen MR) is 165 cm³/mol. The predicted octanol–water partition coefficient (Wildman–Crippen LogP) is -2.70. The van der Waals surface area contributed by atoms with Crippen molar-refractivity contribution < 1.29 is 20.1 Å². The van der Waals surface area contributed by atoms with Crippen LogP contribution in [0.1, 0.15) is 25.7 Å². The van der Waals surface area contributed by atoms with Gasteiger partial charge in [0, 0.05) is 49.1 Å². The lowest BCUT2D eigenvalue weighted by Crippen LogP contribution is -2.79. The Balaban J connectivity index is 1.01. The summed E-state index contributed by atoms with van der Waals surface area (Å²) < 4.78 is 5.54. The van der Waals surface area contributed by atoms with Crippen LogP contribution < -0.4 is 43.5 Å². The van der Waals surface area contributed by atoms with Gasteiger partial charge in [-0.1, -0.05) is 6.42 Å². The number of primary amides is 1. The summed E-state index contributed by atoms with van der Waals surface area (Å²) in [4.78, 5) is 28.2. The zero-order valence-corrected chi connectivity index (χ0v) is 26.3. The lowest BCUT2D eigenvalue weighted by atomic mass is 9.91. The van der Waals surface area contributed by atoms with Crippen LogP contribution in [-0.2, 0) is 14.3 Å². The summed E-state index contributed by atoms with van der Waals surface area (Å²) in [5.74, 6) is 0.795. The molecule has 1 aliphatic carbocycles. The van der Waals surface area contributed by atoms with E-state index in [1.54, 1.807) is 0 Å². The quantitative estimate of drug-likeness (QED) is 0.144. The van der Waals surface area contributed by atoms with Crippen LogP contribution in [0.15, 0.2) is 11.1 Å². The molecule has 0 spiro atoms. The first-order chi connectivity index (χ1) is 20.5. The second-order valence-corrected chi connectivity index (χ2v) is 16.0. The van der Waals surface area contributed by atoms with E-state index in [2.05, 4.69) is 47.7 Å². The minimum Gasteiger partial charge on any atom is -0.378 e. The summed E-state index contributed by atoms with van der Waals surface area (Å²) in [6.07, 6.45) is 5.86. The highest BCUT2D eigenvalue weighted by atomic mass is 32.2. The third-order valence-corrected chi connectivity index (χ3v) is 14.3. The molecular formula is C26H45N10O3S3+. The average Bonchev–Trinajstić information content (AvgIpc) is 3.75. The van der Waals surface area contributed by atoms with Crippen molar-refractivity contribution in [3.63, 3.8) is 0 Å². The Morgan fingerprint density at radius 3 is 2.81 bits per heavy atom. The summed E-state index contributed by atoms with van der Waals surface area (Å²) in [6.45, 7) is 4.47. The normalized spacial score (nSPS) is 44.6. The number of carbonyl (C=O) groups excluding carboxylic acids is 2. The Kier molecular flexibility index (Phi) is 9.30. The minimum atomic E-state index is -0.459. The molecule has 1 amide bonds. The maximum Gasteiger partial charge on any atom is 0.226 e. The lowest BCUT2D eigenvalue weighted by molar-refractivity contribution is -0.431. The Morgan fingerprint density at radius 1 is 1.17 bits per heavy atom. The van der Waals surface area contributed by atoms with Gasteiger partial charge in [0.25, 0.3) is 0 Å². The largest absolute Gasteiger partial charge is 0.378 e. The van der Waals surface area contributed by atoms with E-state index in [-0.39, 0.29) is 51.6 Å². The standard InChI is InChI=1S/C26H44N10O3S3/c27-14-3-1-2-4-15(14)32-26-34-23(19(22(28)38)24-30-12-31-36(24)26)33-17-10-29-25(41-17)13-11-40-21-16(37)9-18(42-20(13)21)35-5-7-39-8-6-35/h9,13-15,17,19-21,23-26,29-34H,1-8,10-12,27H2,(H2,28,38)/p+1/t13?,14-,15+,17?,19?,20?,21?,23?,24?,25?,26?/m1/s1. The van der Waals surface area contributed by atoms with E-state index >= 15 is 0 Å². The molecule has 0 aromatic rings. The lowest BCUT2D eigenvalue weighted by Gasteiger charge is -2.47. The van der Waals surface area contributed by atoms with E-state index in [1.165, 1.54) is 12.8 Å². The first-order valence-electron chi connectivity index (χ1n) is 15.4. The van der Waals surface area contributed by atoms with Gasteiger partial charge in [-0.3, -0.25) is 30.9 Å². The topological polar surface area (TPSA) is 176 Å². The van der Waals surface area contributed by atoms with E-state index < -0.39 is 5.92 Å². The van der Waals surface area contributed by atoms with Crippen molar-refractivity contribution in [3.05, 3.63) is 11.1 Å². The molecule has 0 radical (unpaired) electrons. The zero-order valence-electron chi connectivity index (χ0n) is 23.8. The van der Waals surface area contributed by atoms with Crippen molar-refractivity contribution in [1.29, 1.82) is 0 Å². The van der Waals surface area contributed by atoms with Gasteiger partial charge in [0.15, 0.2) is 5.78 Å². The molecule has 0 bridgehead atoms. The van der Waals surface area contributed by atoms with Gasteiger partial charge in [0.2, 0.25) is 5.91 Å². The number of carbonyl (C=O) groups is 2. The van der Waals surface area contributed by atoms with Crippen molar-refractivity contribution in [2.24, 2.45) is 17.6 Å². The molecule has 42 heavy (non-hydrogen) atoms. The molecule has 6 heterocycles. The molecule has 234 valence electrons. The van der Waals surface area contributed by atoms with Crippen LogP contribution in [0.4, 0.5) is 0 Å². The molecule has 0 aromatic heterocycles. The Labute approximate surface area is 259 Å². The molecule has 5 saturated heterocycles. The number of ketones is 1. The van der Waals surface area contributed by atoms with Gasteiger partial charge in [-0.25, -0.2) is 5.43 Å². The van der Waals surface area contributed by atoms with Gasteiger partial charge in [0.05, 0.1) is 71.2 Å². The van der Waals surface area contributed by atoms with Crippen LogP contribution in [0, 0.1) is 11.8 Å². The summed E-state index contributed by atoms with van der Waals surface area (Å²) in [5.41, 5.74) is 13.8. The molecule has 13 nitrogen and oxygen atoms in total. The highest BCUT2D eigenvalue weighted by molar-refractivity contribution is 8.07. The second kappa shape index (κ2) is 13.0. The number of nitrogens with two attached hydrogens (primary N) is 1. The van der Waals surface area contributed by atoms with Crippen molar-refractivity contribution in [3.8, 4) is 0 Å². The first-order valence-corrected chi connectivity index (χ1v) is 18.2. The van der Waals surface area contributed by atoms with Crippen LogP contribution in [0.2, 0.25) is 0 Å². The number of quaternary nitrogens is 1. The van der Waals surface area contributed by atoms with Gasteiger partial charge in [0.1, 0.15) is 6.29 Å². The van der Waals surface area contributed by atoms with E-state index in [1.807, 2.05) is 41.4 Å². The van der Waals surface area contributed by atoms with Crippen molar-refractivity contribution in [1.82, 2.24) is 41.9 Å². The van der Waals surface area contributed by atoms with Gasteiger partial charge >= 0.3 is 0 Å². The molecular weight excluding hydrogens is 597 g/mol. The van der Waals surface area contributed by atoms with E-state index in [0.29, 0.717) is 37.9 Å². The highest BCUT2D eigenvalue weighted by Gasteiger charge is 2.52. The number of rotatable bonds is 7. The number of nitrogens with zero attached hydrogens (tertiary/aromatic N) is 2. The molecule has 6 aliphatic heterocycles. The molecule has 16 heteroatoms. The molecule has 0 aromatic carbocycles. The fourth-order valence-electron chi connectivity index (χ4n) is 7.41. The van der Waals surface area contributed by atoms with Gasteiger partial charge in [-0.15, -0.1) is 35.3 Å². The molecule has 1 saturated carbocycles. The van der Waals surface area contributed by atoms with Crippen LogP contribution in [0.3, 0.4) is 0 Å². The minimum absolute atomic E-state index is 0.0221. The number of fused-ring (bicyclic) bond motifs is 2. The third kappa shape index (κ3) is 5.99. The van der Waals surface area contributed by atoms with Crippen LogP contribution in [-0.4, -0.2) is 119 Å². The third-order valence-electron chi connectivity index (χ3n) is 9.68.